The highest BCUT2D eigenvalue weighted by molar-refractivity contribution is 6.30. The zero-order valence-electron chi connectivity index (χ0n) is 16.8. The van der Waals surface area contributed by atoms with E-state index in [1.165, 1.54) is 0 Å². The summed E-state index contributed by atoms with van der Waals surface area (Å²) in [6.45, 7) is 2.07. The molecule has 0 saturated carbocycles. The van der Waals surface area contributed by atoms with E-state index < -0.39 is 0 Å². The smallest absolute Gasteiger partial charge is 0.255 e. The molecular formula is C24H20ClN5O. The lowest BCUT2D eigenvalue weighted by Crippen LogP contribution is -2.35. The van der Waals surface area contributed by atoms with Crippen LogP contribution in [-0.4, -0.2) is 31.4 Å². The van der Waals surface area contributed by atoms with Gasteiger partial charge in [0.2, 0.25) is 0 Å². The first-order valence-corrected chi connectivity index (χ1v) is 10.5. The molecule has 31 heavy (non-hydrogen) atoms. The minimum atomic E-state index is -0.0877. The Morgan fingerprint density at radius 1 is 0.968 bits per heavy atom. The number of rotatable bonds is 4. The van der Waals surface area contributed by atoms with E-state index in [0.717, 1.165) is 40.9 Å². The summed E-state index contributed by atoms with van der Waals surface area (Å²) >= 11 is 5.96. The fourth-order valence-corrected chi connectivity index (χ4v) is 3.92. The van der Waals surface area contributed by atoms with E-state index in [2.05, 4.69) is 19.9 Å². The molecule has 0 aliphatic carbocycles. The summed E-state index contributed by atoms with van der Waals surface area (Å²) in [6.07, 6.45) is 4.44. The summed E-state index contributed by atoms with van der Waals surface area (Å²) in [5, 5.41) is 0.653. The molecule has 5 rings (SSSR count). The summed E-state index contributed by atoms with van der Waals surface area (Å²) < 4.78 is 0. The maximum Gasteiger partial charge on any atom is 0.255 e. The molecule has 0 amide bonds. The average molecular weight is 430 g/mol. The molecule has 3 heterocycles. The predicted octanol–water partition coefficient (Wildman–Crippen LogP) is 4.11. The Hall–Kier alpha value is -3.35. The highest BCUT2D eigenvalue weighted by Gasteiger charge is 2.22. The summed E-state index contributed by atoms with van der Waals surface area (Å²) in [4.78, 5) is 31.6. The van der Waals surface area contributed by atoms with Gasteiger partial charge in [-0.15, -0.1) is 0 Å². The van der Waals surface area contributed by atoms with Crippen molar-refractivity contribution in [2.75, 3.05) is 6.54 Å². The van der Waals surface area contributed by atoms with Crippen molar-refractivity contribution in [1.82, 2.24) is 24.8 Å². The fraction of sp³-hybridized carbons (Fsp3) is 0.167. The molecule has 1 N–H and O–H groups in total. The Morgan fingerprint density at radius 2 is 1.71 bits per heavy atom. The molecule has 7 heteroatoms. The van der Waals surface area contributed by atoms with Crippen molar-refractivity contribution in [3.05, 3.63) is 99.2 Å². The molecule has 1 aliphatic heterocycles. The Morgan fingerprint density at radius 3 is 2.45 bits per heavy atom. The molecule has 0 unspecified atom stereocenters. The molecule has 0 saturated heterocycles. The number of aromatic amines is 1. The van der Waals surface area contributed by atoms with Crippen LogP contribution in [0.15, 0.2) is 71.8 Å². The molecule has 4 aromatic rings. The maximum absolute atomic E-state index is 12.8. The third kappa shape index (κ3) is 4.26. The van der Waals surface area contributed by atoms with Crippen LogP contribution in [-0.2, 0) is 19.5 Å². The highest BCUT2D eigenvalue weighted by atomic mass is 35.5. The monoisotopic (exact) mass is 429 g/mol. The summed E-state index contributed by atoms with van der Waals surface area (Å²) in [5.74, 6) is 1.29. The van der Waals surface area contributed by atoms with Crippen molar-refractivity contribution in [3.8, 4) is 22.8 Å². The van der Waals surface area contributed by atoms with Crippen molar-refractivity contribution >= 4 is 11.6 Å². The van der Waals surface area contributed by atoms with Crippen LogP contribution < -0.4 is 5.56 Å². The fourth-order valence-electron chi connectivity index (χ4n) is 3.79. The minimum absolute atomic E-state index is 0.0877. The Bertz CT molecular complexity index is 1250. The van der Waals surface area contributed by atoms with Gasteiger partial charge in [-0.05, 0) is 24.3 Å². The Labute approximate surface area is 184 Å². The lowest BCUT2D eigenvalue weighted by Gasteiger charge is -2.27. The van der Waals surface area contributed by atoms with Gasteiger partial charge in [0, 0.05) is 60.2 Å². The van der Waals surface area contributed by atoms with E-state index in [-0.39, 0.29) is 5.56 Å². The van der Waals surface area contributed by atoms with E-state index >= 15 is 0 Å². The molecule has 0 spiro atoms. The lowest BCUT2D eigenvalue weighted by atomic mass is 10.1. The standard InChI is InChI=1S/C24H20ClN5O/c25-19-8-6-18(7-9-19)23-28-21-10-11-30(15-20(21)24(31)29-23)14-16-12-26-22(27-13-16)17-4-2-1-3-5-17/h1-9,12-13H,10-11,14-15H2,(H,28,29,31). The predicted molar refractivity (Wildman–Crippen MR) is 121 cm³/mol. The molecule has 1 aliphatic rings. The normalized spacial score (nSPS) is 13.7. The number of fused-ring (bicyclic) bond motifs is 1. The van der Waals surface area contributed by atoms with Crippen molar-refractivity contribution in [3.63, 3.8) is 0 Å². The van der Waals surface area contributed by atoms with Crippen LogP contribution in [0.25, 0.3) is 22.8 Å². The van der Waals surface area contributed by atoms with Gasteiger partial charge < -0.3 is 4.98 Å². The second kappa shape index (κ2) is 8.41. The van der Waals surface area contributed by atoms with Gasteiger partial charge in [0.15, 0.2) is 5.82 Å². The Balaban J connectivity index is 1.32. The van der Waals surface area contributed by atoms with Gasteiger partial charge >= 0.3 is 0 Å². The molecule has 0 fully saturated rings. The maximum atomic E-state index is 12.8. The quantitative estimate of drug-likeness (QED) is 0.528. The van der Waals surface area contributed by atoms with Gasteiger partial charge in [-0.1, -0.05) is 41.9 Å². The Kier molecular flexibility index (Phi) is 5.32. The molecule has 6 nitrogen and oxygen atoms in total. The molecule has 0 bridgehead atoms. The number of halogens is 1. The van der Waals surface area contributed by atoms with Crippen LogP contribution in [0.3, 0.4) is 0 Å². The van der Waals surface area contributed by atoms with Gasteiger partial charge in [0.25, 0.3) is 5.56 Å². The average Bonchev–Trinajstić information content (AvgIpc) is 2.81. The van der Waals surface area contributed by atoms with Gasteiger partial charge in [0.05, 0.1) is 11.3 Å². The topological polar surface area (TPSA) is 74.8 Å². The number of H-pyrrole nitrogens is 1. The minimum Gasteiger partial charge on any atom is -0.306 e. The van der Waals surface area contributed by atoms with Crippen molar-refractivity contribution in [2.45, 2.75) is 19.5 Å². The van der Waals surface area contributed by atoms with Crippen LogP contribution in [0.4, 0.5) is 0 Å². The van der Waals surface area contributed by atoms with Crippen LogP contribution in [0.5, 0.6) is 0 Å². The van der Waals surface area contributed by atoms with E-state index in [9.17, 15) is 4.79 Å². The second-order valence-electron chi connectivity index (χ2n) is 7.59. The largest absolute Gasteiger partial charge is 0.306 e. The van der Waals surface area contributed by atoms with Gasteiger partial charge in [-0.2, -0.15) is 0 Å². The molecule has 2 aromatic heterocycles. The number of aromatic nitrogens is 4. The van der Waals surface area contributed by atoms with Crippen molar-refractivity contribution < 1.29 is 0 Å². The third-order valence-electron chi connectivity index (χ3n) is 5.41. The van der Waals surface area contributed by atoms with E-state index in [1.54, 1.807) is 12.1 Å². The number of hydrogen-bond acceptors (Lipinski definition) is 5. The SMILES string of the molecule is O=c1[nH]c(-c2ccc(Cl)cc2)nc2c1CN(Cc1cnc(-c3ccccc3)nc1)CC2. The number of nitrogens with one attached hydrogen (secondary N) is 1. The van der Waals surface area contributed by atoms with E-state index in [0.29, 0.717) is 29.8 Å². The van der Waals surface area contributed by atoms with Gasteiger partial charge in [-0.25, -0.2) is 15.0 Å². The van der Waals surface area contributed by atoms with Crippen LogP contribution >= 0.6 is 11.6 Å². The summed E-state index contributed by atoms with van der Waals surface area (Å²) in [5.41, 5.74) is 4.37. The third-order valence-corrected chi connectivity index (χ3v) is 5.66. The van der Waals surface area contributed by atoms with E-state index in [4.69, 9.17) is 16.6 Å². The first-order chi connectivity index (χ1) is 15.2. The zero-order valence-corrected chi connectivity index (χ0v) is 17.5. The van der Waals surface area contributed by atoms with Crippen molar-refractivity contribution in [2.24, 2.45) is 0 Å². The zero-order chi connectivity index (χ0) is 21.2. The number of hydrogen-bond donors (Lipinski definition) is 1. The molecule has 154 valence electrons. The van der Waals surface area contributed by atoms with Crippen LogP contribution in [0, 0.1) is 0 Å². The molecule has 0 radical (unpaired) electrons. The molecule has 2 aromatic carbocycles. The number of benzene rings is 2. The van der Waals surface area contributed by atoms with Crippen LogP contribution in [0.1, 0.15) is 16.8 Å². The van der Waals surface area contributed by atoms with Crippen LogP contribution in [0.2, 0.25) is 5.02 Å². The van der Waals surface area contributed by atoms with Gasteiger partial charge in [-0.3, -0.25) is 9.69 Å². The van der Waals surface area contributed by atoms with E-state index in [1.807, 2.05) is 54.9 Å². The summed E-state index contributed by atoms with van der Waals surface area (Å²) in [7, 11) is 0. The first kappa shape index (κ1) is 19.6. The molecule has 0 atom stereocenters. The summed E-state index contributed by atoms with van der Waals surface area (Å²) in [6, 6.07) is 17.2. The van der Waals surface area contributed by atoms with Crippen molar-refractivity contribution in [1.29, 1.82) is 0 Å². The van der Waals surface area contributed by atoms with Gasteiger partial charge in [0.1, 0.15) is 5.82 Å². The number of nitrogens with zero attached hydrogens (tertiary/aromatic N) is 4. The molecular weight excluding hydrogens is 410 g/mol. The highest BCUT2D eigenvalue weighted by Crippen LogP contribution is 2.21. The second-order valence-corrected chi connectivity index (χ2v) is 8.02. The first-order valence-electron chi connectivity index (χ1n) is 10.1. The lowest BCUT2D eigenvalue weighted by molar-refractivity contribution is 0.241.